The van der Waals surface area contributed by atoms with Gasteiger partial charge in [0.1, 0.15) is 0 Å². The molecule has 5 heteroatoms. The van der Waals surface area contributed by atoms with Crippen molar-refractivity contribution in [2.24, 2.45) is 0 Å². The summed E-state index contributed by atoms with van der Waals surface area (Å²) in [5, 5.41) is 18.1. The van der Waals surface area contributed by atoms with Crippen LogP contribution in [-0.2, 0) is 16.0 Å². The van der Waals surface area contributed by atoms with E-state index in [1.165, 1.54) is 0 Å². The molecular formula is C11H9N2O3+. The van der Waals surface area contributed by atoms with Crippen molar-refractivity contribution in [1.82, 2.24) is 0 Å². The van der Waals surface area contributed by atoms with Gasteiger partial charge in [-0.3, -0.25) is 0 Å². The lowest BCUT2D eigenvalue weighted by Crippen LogP contribution is -2.14. The zero-order valence-electron chi connectivity index (χ0n) is 8.33. The number of hydrogen-bond donors (Lipinski definition) is 1. The lowest BCUT2D eigenvalue weighted by molar-refractivity contribution is -0.139. The van der Waals surface area contributed by atoms with Crippen LogP contribution in [0, 0.1) is 5.39 Å². The molecule has 80 valence electrons. The number of benzene rings is 1. The van der Waals surface area contributed by atoms with Crippen LogP contribution in [0.1, 0.15) is 5.56 Å². The molecule has 1 aliphatic heterocycles. The third kappa shape index (κ3) is 1.73. The van der Waals surface area contributed by atoms with Crippen LogP contribution in [0.2, 0.25) is 0 Å². The number of esters is 1. The maximum Gasteiger partial charge on any atom is 0.509 e. The minimum atomic E-state index is -0.805. The van der Waals surface area contributed by atoms with E-state index in [2.05, 4.69) is 4.98 Å². The molecule has 1 atom stereocenters. The van der Waals surface area contributed by atoms with Gasteiger partial charge in [-0.25, -0.2) is 4.79 Å². The molecule has 0 amide bonds. The molecule has 1 aliphatic rings. The summed E-state index contributed by atoms with van der Waals surface area (Å²) in [6, 6.07) is 9.28. The Kier molecular flexibility index (Phi) is 2.56. The van der Waals surface area contributed by atoms with Crippen molar-refractivity contribution in [3.63, 3.8) is 0 Å². The number of rotatable bonds is 2. The second-order valence-corrected chi connectivity index (χ2v) is 3.42. The Morgan fingerprint density at radius 3 is 2.62 bits per heavy atom. The average Bonchev–Trinajstić information content (AvgIpc) is 2.55. The van der Waals surface area contributed by atoms with Gasteiger partial charge in [0, 0.05) is 6.42 Å². The van der Waals surface area contributed by atoms with Gasteiger partial charge in [0.15, 0.2) is 11.1 Å². The summed E-state index contributed by atoms with van der Waals surface area (Å²) in [6.45, 7) is 0. The fourth-order valence-corrected chi connectivity index (χ4v) is 1.56. The number of carbonyl (C=O) groups is 1. The summed E-state index contributed by atoms with van der Waals surface area (Å²) in [5.74, 6) is -1.13. The van der Waals surface area contributed by atoms with Gasteiger partial charge in [-0.1, -0.05) is 30.3 Å². The first-order chi connectivity index (χ1) is 7.72. The molecule has 2 rings (SSSR count). The Bertz CT molecular complexity index is 488. The maximum atomic E-state index is 11.1. The molecule has 0 saturated carbocycles. The highest BCUT2D eigenvalue weighted by Crippen LogP contribution is 2.24. The van der Waals surface area contributed by atoms with Crippen molar-refractivity contribution < 1.29 is 14.6 Å². The number of aliphatic hydroxyl groups is 1. The topological polar surface area (TPSA) is 74.7 Å². The average molecular weight is 217 g/mol. The molecule has 1 aromatic carbocycles. The Labute approximate surface area is 91.6 Å². The largest absolute Gasteiger partial charge is 0.509 e. The molecule has 0 fully saturated rings. The van der Waals surface area contributed by atoms with Crippen molar-refractivity contribution in [2.45, 2.75) is 12.5 Å². The molecule has 5 nitrogen and oxygen atoms in total. The molecular weight excluding hydrogens is 208 g/mol. The lowest BCUT2D eigenvalue weighted by atomic mass is 10.1. The second kappa shape index (κ2) is 4.03. The summed E-state index contributed by atoms with van der Waals surface area (Å²) in [5.41, 5.74) is 0.506. The van der Waals surface area contributed by atoms with E-state index in [-0.39, 0.29) is 5.76 Å². The van der Waals surface area contributed by atoms with Gasteiger partial charge in [-0.2, -0.15) is 0 Å². The highest BCUT2D eigenvalue weighted by atomic mass is 16.6. The van der Waals surface area contributed by atoms with E-state index in [1.54, 1.807) is 0 Å². The van der Waals surface area contributed by atoms with E-state index in [4.69, 9.17) is 10.1 Å². The van der Waals surface area contributed by atoms with Gasteiger partial charge in [-0.05, 0) is 5.56 Å². The van der Waals surface area contributed by atoms with E-state index in [0.717, 1.165) is 5.56 Å². The monoisotopic (exact) mass is 217 g/mol. The molecule has 0 aliphatic carbocycles. The smallest absolute Gasteiger partial charge is 0.502 e. The van der Waals surface area contributed by atoms with Gasteiger partial charge in [0.25, 0.3) is 0 Å². The zero-order chi connectivity index (χ0) is 11.5. The molecule has 1 heterocycles. The number of diazo groups is 1. The Morgan fingerprint density at radius 1 is 1.38 bits per heavy atom. The summed E-state index contributed by atoms with van der Waals surface area (Å²) in [4.78, 5) is 13.8. The minimum absolute atomic E-state index is 0.323. The molecule has 0 bridgehead atoms. The van der Waals surface area contributed by atoms with E-state index in [1.807, 2.05) is 30.3 Å². The summed E-state index contributed by atoms with van der Waals surface area (Å²) >= 11 is 0. The predicted octanol–water partition coefficient (Wildman–Crippen LogP) is 1.78. The van der Waals surface area contributed by atoms with Crippen molar-refractivity contribution in [3.8, 4) is 0 Å². The quantitative estimate of drug-likeness (QED) is 0.605. The third-order valence-corrected chi connectivity index (χ3v) is 2.35. The normalized spacial score (nSPS) is 19.4. The van der Waals surface area contributed by atoms with Crippen molar-refractivity contribution in [2.75, 3.05) is 0 Å². The van der Waals surface area contributed by atoms with Crippen LogP contribution in [0.15, 0.2) is 41.8 Å². The van der Waals surface area contributed by atoms with E-state index >= 15 is 0 Å². The van der Waals surface area contributed by atoms with E-state index in [9.17, 15) is 9.90 Å². The minimum Gasteiger partial charge on any atom is -0.502 e. The summed E-state index contributed by atoms with van der Waals surface area (Å²) in [6.07, 6.45) is -0.405. The summed E-state index contributed by atoms with van der Waals surface area (Å²) in [7, 11) is 0. The van der Waals surface area contributed by atoms with Crippen LogP contribution in [0.5, 0.6) is 0 Å². The summed E-state index contributed by atoms with van der Waals surface area (Å²) < 4.78 is 4.86. The SMILES string of the molecule is N#[N+]C1=C(O)[C@H](Cc2ccccc2)OC1=O. The molecule has 16 heavy (non-hydrogen) atoms. The van der Waals surface area contributed by atoms with Crippen molar-refractivity contribution >= 4 is 5.97 Å². The number of ether oxygens (including phenoxy) is 1. The van der Waals surface area contributed by atoms with Crippen molar-refractivity contribution in [3.05, 3.63) is 52.3 Å². The standard InChI is InChI=1S/C11H8N2O3/c12-13-9-10(14)8(16-11(9)15)6-7-4-2-1-3-5-7/h1-5,8H,6H2/p+1/t8-/m0/s1. The van der Waals surface area contributed by atoms with Crippen LogP contribution >= 0.6 is 0 Å². The van der Waals surface area contributed by atoms with Crippen LogP contribution in [-0.4, -0.2) is 17.2 Å². The first kappa shape index (κ1) is 10.2. The van der Waals surface area contributed by atoms with Crippen LogP contribution < -0.4 is 0 Å². The van der Waals surface area contributed by atoms with Gasteiger partial charge in [0.2, 0.25) is 11.2 Å². The number of hydrogen-bond acceptors (Lipinski definition) is 4. The lowest BCUT2D eigenvalue weighted by Gasteiger charge is -2.08. The van der Waals surface area contributed by atoms with E-state index in [0.29, 0.717) is 6.42 Å². The zero-order valence-corrected chi connectivity index (χ0v) is 8.33. The third-order valence-electron chi connectivity index (χ3n) is 2.35. The molecule has 1 aromatic rings. The van der Waals surface area contributed by atoms with Gasteiger partial charge >= 0.3 is 11.7 Å². The Balaban J connectivity index is 2.18. The Hall–Kier alpha value is -2.35. The molecule has 0 radical (unpaired) electrons. The second-order valence-electron chi connectivity index (χ2n) is 3.42. The highest BCUT2D eigenvalue weighted by Gasteiger charge is 2.44. The van der Waals surface area contributed by atoms with Gasteiger partial charge in [0.05, 0.1) is 0 Å². The van der Waals surface area contributed by atoms with Gasteiger partial charge in [-0.15, -0.1) is 0 Å². The van der Waals surface area contributed by atoms with Crippen LogP contribution in [0.4, 0.5) is 0 Å². The fraction of sp³-hybridized carbons (Fsp3) is 0.182. The predicted molar refractivity (Wildman–Crippen MR) is 54.8 cm³/mol. The Morgan fingerprint density at radius 2 is 2.06 bits per heavy atom. The molecule has 0 aromatic heterocycles. The van der Waals surface area contributed by atoms with Crippen LogP contribution in [0.25, 0.3) is 4.98 Å². The highest BCUT2D eigenvalue weighted by molar-refractivity contribution is 5.93. The number of cyclic esters (lactones) is 1. The number of nitrogens with zero attached hydrogens (tertiary/aromatic N) is 2. The fourth-order valence-electron chi connectivity index (χ4n) is 1.56. The number of carbonyl (C=O) groups excluding carboxylic acids is 1. The first-order valence-corrected chi connectivity index (χ1v) is 4.75. The molecule has 1 N–H and O–H groups in total. The maximum absolute atomic E-state index is 11.1. The van der Waals surface area contributed by atoms with E-state index < -0.39 is 17.8 Å². The molecule has 0 spiro atoms. The number of aliphatic hydroxyl groups excluding tert-OH is 1. The first-order valence-electron chi connectivity index (χ1n) is 4.75. The molecule has 0 unspecified atom stereocenters. The van der Waals surface area contributed by atoms with Gasteiger partial charge < -0.3 is 9.84 Å². The van der Waals surface area contributed by atoms with Crippen molar-refractivity contribution in [1.29, 1.82) is 5.39 Å². The molecule has 0 saturated heterocycles. The van der Waals surface area contributed by atoms with Crippen LogP contribution in [0.3, 0.4) is 0 Å².